The minimum Gasteiger partial charge on any atom is -0.494 e. The predicted molar refractivity (Wildman–Crippen MR) is 110 cm³/mol. The fraction of sp³-hybridized carbons (Fsp3) is 0.409. The van der Waals surface area contributed by atoms with Crippen molar-refractivity contribution in [1.82, 2.24) is 15.0 Å². The van der Waals surface area contributed by atoms with Gasteiger partial charge in [0, 0.05) is 13.0 Å². The van der Waals surface area contributed by atoms with Crippen LogP contribution in [0.1, 0.15) is 47.1 Å². The minimum absolute atomic E-state index is 0.0582. The first-order valence-corrected chi connectivity index (χ1v) is 9.64. The van der Waals surface area contributed by atoms with Gasteiger partial charge in [-0.15, -0.1) is 5.10 Å². The second-order valence-corrected chi connectivity index (χ2v) is 7.11. The van der Waals surface area contributed by atoms with Crippen LogP contribution < -0.4 is 4.74 Å². The number of aliphatic hydroxyl groups excluding tert-OH is 1. The van der Waals surface area contributed by atoms with Crippen LogP contribution in [0.2, 0.25) is 0 Å². The van der Waals surface area contributed by atoms with Crippen molar-refractivity contribution < 1.29 is 19.4 Å². The number of nitrogens with zero attached hydrogens (tertiary/aromatic N) is 3. The molecule has 0 aliphatic heterocycles. The molecule has 0 saturated heterocycles. The first kappa shape index (κ1) is 20.8. The van der Waals surface area contributed by atoms with E-state index in [4.69, 9.17) is 9.47 Å². The lowest BCUT2D eigenvalue weighted by Gasteiger charge is -2.22. The molecule has 1 aromatic heterocycles. The molecular weight excluding hydrogens is 370 g/mol. The van der Waals surface area contributed by atoms with Gasteiger partial charge >= 0.3 is 5.97 Å². The zero-order chi connectivity index (χ0) is 21.1. The smallest absolute Gasteiger partial charge is 0.306 e. The van der Waals surface area contributed by atoms with E-state index in [-0.39, 0.29) is 24.9 Å². The van der Waals surface area contributed by atoms with Gasteiger partial charge in [0.1, 0.15) is 16.8 Å². The van der Waals surface area contributed by atoms with Gasteiger partial charge in [-0.1, -0.05) is 23.4 Å². The number of fused-ring (bicyclic) bond motifs is 1. The van der Waals surface area contributed by atoms with Crippen LogP contribution >= 0.6 is 0 Å². The van der Waals surface area contributed by atoms with Crippen LogP contribution in [-0.4, -0.2) is 39.8 Å². The van der Waals surface area contributed by atoms with E-state index in [2.05, 4.69) is 10.3 Å². The molecule has 7 heteroatoms. The van der Waals surface area contributed by atoms with Gasteiger partial charge in [-0.2, -0.15) is 0 Å². The highest BCUT2D eigenvalue weighted by Gasteiger charge is 2.25. The van der Waals surface area contributed by atoms with Crippen molar-refractivity contribution in [3.63, 3.8) is 0 Å². The van der Waals surface area contributed by atoms with E-state index in [1.54, 1.807) is 18.7 Å². The van der Waals surface area contributed by atoms with Crippen LogP contribution in [0.25, 0.3) is 11.0 Å². The number of hydrogen-bond acceptors (Lipinski definition) is 6. The second-order valence-electron chi connectivity index (χ2n) is 7.11. The quantitative estimate of drug-likeness (QED) is 0.616. The topological polar surface area (TPSA) is 86.5 Å². The number of carbonyl (C=O) groups excluding carboxylic acids is 1. The summed E-state index contributed by atoms with van der Waals surface area (Å²) in [6.45, 7) is 5.99. The third-order valence-corrected chi connectivity index (χ3v) is 5.35. The van der Waals surface area contributed by atoms with Crippen LogP contribution in [0, 0.1) is 13.8 Å². The molecule has 7 nitrogen and oxygen atoms in total. The molecule has 0 fully saturated rings. The first-order chi connectivity index (χ1) is 13.9. The molecule has 0 aliphatic carbocycles. The van der Waals surface area contributed by atoms with Gasteiger partial charge in [-0.05, 0) is 54.7 Å². The number of methoxy groups -OCH3 is 1. The minimum atomic E-state index is -0.277. The van der Waals surface area contributed by atoms with Crippen LogP contribution in [0.15, 0.2) is 24.3 Å². The molecule has 1 N–H and O–H groups in total. The van der Waals surface area contributed by atoms with E-state index < -0.39 is 0 Å². The normalized spacial score (nSPS) is 12.2. The third-order valence-electron chi connectivity index (χ3n) is 5.35. The largest absolute Gasteiger partial charge is 0.494 e. The van der Waals surface area contributed by atoms with E-state index in [1.165, 1.54) is 0 Å². The average Bonchev–Trinajstić information content (AvgIpc) is 3.10. The first-order valence-electron chi connectivity index (χ1n) is 9.64. The monoisotopic (exact) mass is 397 g/mol. The summed E-state index contributed by atoms with van der Waals surface area (Å²) in [5.74, 6) is 0.109. The summed E-state index contributed by atoms with van der Waals surface area (Å²) >= 11 is 0. The molecule has 1 atom stereocenters. The van der Waals surface area contributed by atoms with Crippen molar-refractivity contribution in [3.05, 3.63) is 52.1 Å². The highest BCUT2D eigenvalue weighted by molar-refractivity contribution is 5.86. The van der Waals surface area contributed by atoms with E-state index >= 15 is 0 Å². The Labute approximate surface area is 170 Å². The van der Waals surface area contributed by atoms with Crippen molar-refractivity contribution in [2.75, 3.05) is 13.7 Å². The fourth-order valence-electron chi connectivity index (χ4n) is 3.73. The number of aromatic nitrogens is 3. The molecule has 29 heavy (non-hydrogen) atoms. The summed E-state index contributed by atoms with van der Waals surface area (Å²) in [6, 6.07) is 7.85. The maximum absolute atomic E-state index is 12.4. The Bertz CT molecular complexity index is 1040. The molecule has 1 unspecified atom stereocenters. The Morgan fingerprint density at radius 1 is 1.28 bits per heavy atom. The van der Waals surface area contributed by atoms with Crippen LogP contribution in [0.5, 0.6) is 5.75 Å². The summed E-state index contributed by atoms with van der Waals surface area (Å²) in [5.41, 5.74) is 6.19. The Morgan fingerprint density at radius 2 is 2.03 bits per heavy atom. The molecule has 0 saturated carbocycles. The number of hydrogen-bond donors (Lipinski definition) is 1. The van der Waals surface area contributed by atoms with Gasteiger partial charge in [0.05, 0.1) is 26.7 Å². The molecule has 3 rings (SSSR count). The summed E-state index contributed by atoms with van der Waals surface area (Å²) < 4.78 is 12.5. The van der Waals surface area contributed by atoms with E-state index in [0.717, 1.165) is 38.9 Å². The van der Waals surface area contributed by atoms with Crippen molar-refractivity contribution >= 4 is 17.0 Å². The standard InChI is InChI=1S/C22H27N3O4/c1-6-29-20(27)11-18(15-8-7-13(2)16(9-15)12-26)17-10-19(28-5)22-21(14(17)3)23-24-25(22)4/h7-10,18,26H,6,11-12H2,1-5H3. The van der Waals surface area contributed by atoms with Crippen molar-refractivity contribution in [1.29, 1.82) is 0 Å². The summed E-state index contributed by atoms with van der Waals surface area (Å²) in [5, 5.41) is 18.1. The number of esters is 1. The molecule has 0 bridgehead atoms. The lowest BCUT2D eigenvalue weighted by Crippen LogP contribution is -2.13. The van der Waals surface area contributed by atoms with Crippen LogP contribution in [0.3, 0.4) is 0 Å². The fourth-order valence-corrected chi connectivity index (χ4v) is 3.73. The lowest BCUT2D eigenvalue weighted by atomic mass is 9.84. The Balaban J connectivity index is 2.21. The molecule has 0 amide bonds. The zero-order valence-electron chi connectivity index (χ0n) is 17.5. The maximum Gasteiger partial charge on any atom is 0.306 e. The highest BCUT2D eigenvalue weighted by Crippen LogP contribution is 2.38. The maximum atomic E-state index is 12.4. The molecule has 0 spiro atoms. The average molecular weight is 397 g/mol. The van der Waals surface area contributed by atoms with Gasteiger partial charge in [-0.25, -0.2) is 4.68 Å². The van der Waals surface area contributed by atoms with Crippen molar-refractivity contribution in [3.8, 4) is 5.75 Å². The van der Waals surface area contributed by atoms with E-state index in [1.807, 2.05) is 45.2 Å². The van der Waals surface area contributed by atoms with E-state index in [9.17, 15) is 9.90 Å². The van der Waals surface area contributed by atoms with Crippen LogP contribution in [0.4, 0.5) is 0 Å². The third kappa shape index (κ3) is 3.96. The number of aliphatic hydroxyl groups is 1. The van der Waals surface area contributed by atoms with Crippen molar-refractivity contribution in [2.45, 2.75) is 39.7 Å². The van der Waals surface area contributed by atoms with Gasteiger partial charge in [0.2, 0.25) is 0 Å². The van der Waals surface area contributed by atoms with E-state index in [0.29, 0.717) is 12.4 Å². The van der Waals surface area contributed by atoms with Gasteiger partial charge in [-0.3, -0.25) is 4.79 Å². The van der Waals surface area contributed by atoms with Gasteiger partial charge in [0.15, 0.2) is 0 Å². The van der Waals surface area contributed by atoms with Gasteiger partial charge < -0.3 is 14.6 Å². The highest BCUT2D eigenvalue weighted by atomic mass is 16.5. The van der Waals surface area contributed by atoms with Crippen molar-refractivity contribution in [2.24, 2.45) is 7.05 Å². The summed E-state index contributed by atoms with van der Waals surface area (Å²) in [4.78, 5) is 12.4. The predicted octanol–water partition coefficient (Wildman–Crippen LogP) is 3.17. The molecule has 0 aliphatic rings. The SMILES string of the molecule is CCOC(=O)CC(c1ccc(C)c(CO)c1)c1cc(OC)c2c(nnn2C)c1C. The zero-order valence-corrected chi connectivity index (χ0v) is 17.5. The summed E-state index contributed by atoms with van der Waals surface area (Å²) in [6.07, 6.45) is 0.178. The molecule has 2 aromatic carbocycles. The summed E-state index contributed by atoms with van der Waals surface area (Å²) in [7, 11) is 3.43. The Hall–Kier alpha value is -2.93. The second kappa shape index (κ2) is 8.61. The Kier molecular flexibility index (Phi) is 6.17. The molecule has 0 radical (unpaired) electrons. The molecule has 1 heterocycles. The number of rotatable bonds is 7. The number of carbonyl (C=O) groups is 1. The number of benzene rings is 2. The molecule has 154 valence electrons. The van der Waals surface area contributed by atoms with Gasteiger partial charge in [0.25, 0.3) is 0 Å². The number of ether oxygens (including phenoxy) is 2. The number of aryl methyl sites for hydroxylation is 3. The lowest BCUT2D eigenvalue weighted by molar-refractivity contribution is -0.143. The van der Waals surface area contributed by atoms with Crippen LogP contribution in [-0.2, 0) is 23.2 Å². The molecular formula is C22H27N3O4. The Morgan fingerprint density at radius 3 is 2.69 bits per heavy atom. The molecule has 3 aromatic rings.